The van der Waals surface area contributed by atoms with Crippen molar-refractivity contribution in [2.24, 2.45) is 0 Å². The first-order valence-electron chi connectivity index (χ1n) is 8.30. The van der Waals surface area contributed by atoms with Gasteiger partial charge in [0.1, 0.15) is 0 Å². The third kappa shape index (κ3) is 13.6. The summed E-state index contributed by atoms with van der Waals surface area (Å²) >= 11 is 1.30. The van der Waals surface area contributed by atoms with Gasteiger partial charge in [-0.25, -0.2) is 0 Å². The summed E-state index contributed by atoms with van der Waals surface area (Å²) in [5.41, 5.74) is 3.19. The van der Waals surface area contributed by atoms with Crippen LogP contribution in [0.1, 0.15) is 11.1 Å². The van der Waals surface area contributed by atoms with Crippen LogP contribution in [0.4, 0.5) is 0 Å². The Hall–Kier alpha value is -3.32. The molecule has 0 bridgehead atoms. The van der Waals surface area contributed by atoms with Crippen LogP contribution in [0, 0.1) is 33.3 Å². The Bertz CT molecular complexity index is 917. The SMILES string of the molecule is CO[C](=[W])C=C1C=C(c2ccccc2)OC(c2ccccc2)=C1.[C-]#[O+].[C-]#[O+].[C-]#[O+].[C-]#[O+].[C-]#[O+]. The minimum atomic E-state index is 0.845. The number of methoxy groups -OCH3 is 1. The monoisotopic (exact) mass is 612 g/mol. The molecule has 8 heteroatoms. The Kier molecular flexibility index (Phi) is 25.9. The number of allylic oxidation sites excluding steroid dienone is 3. The second-order valence-electron chi connectivity index (χ2n) is 5.02. The van der Waals surface area contributed by atoms with Crippen LogP contribution in [0.25, 0.3) is 11.5 Å². The predicted octanol–water partition coefficient (Wildman–Crippen LogP) is 4.16. The summed E-state index contributed by atoms with van der Waals surface area (Å²) in [6, 6.07) is 20.3. The zero-order chi connectivity index (χ0) is 26.1. The third-order valence-electron chi connectivity index (χ3n) is 3.42. The predicted molar refractivity (Wildman–Crippen MR) is 110 cm³/mol. The molecule has 1 aliphatic rings. The Labute approximate surface area is 203 Å². The molecule has 0 saturated heterocycles. The van der Waals surface area contributed by atoms with Crippen molar-refractivity contribution in [2.75, 3.05) is 7.11 Å². The Morgan fingerprint density at radius 3 is 1.33 bits per heavy atom. The van der Waals surface area contributed by atoms with Gasteiger partial charge in [-0.2, -0.15) is 0 Å². The fourth-order valence-electron chi connectivity index (χ4n) is 2.29. The fraction of sp³-hybridized carbons (Fsp3) is 0.0400. The summed E-state index contributed by atoms with van der Waals surface area (Å²) < 4.78 is 49.9. The van der Waals surface area contributed by atoms with Gasteiger partial charge >= 0.3 is 204 Å². The molecule has 164 valence electrons. The Morgan fingerprint density at radius 2 is 1.03 bits per heavy atom. The van der Waals surface area contributed by atoms with Crippen molar-refractivity contribution in [3.63, 3.8) is 0 Å². The van der Waals surface area contributed by atoms with Crippen molar-refractivity contribution in [3.8, 4) is 0 Å². The standard InChI is InChI=1S/C20H16O2.5CO.W/c1-21-13-12-16-14-19(17-8-4-2-5-9-17)22-20(15-16)18-10-6-3-7-11-18;5*1-2;/h2-12,14-15H,1H3;;;;;;. The van der Waals surface area contributed by atoms with Crippen molar-refractivity contribution in [2.45, 2.75) is 0 Å². The van der Waals surface area contributed by atoms with Gasteiger partial charge in [-0.1, -0.05) is 0 Å². The van der Waals surface area contributed by atoms with Crippen LogP contribution in [0.15, 0.2) is 84.5 Å². The zero-order valence-electron chi connectivity index (χ0n) is 17.3. The normalized spacial score (nSPS) is 9.85. The van der Waals surface area contributed by atoms with Crippen LogP contribution >= 0.6 is 0 Å². The van der Waals surface area contributed by atoms with Gasteiger partial charge in [0, 0.05) is 0 Å². The van der Waals surface area contributed by atoms with E-state index < -0.39 is 0 Å². The summed E-state index contributed by atoms with van der Waals surface area (Å²) in [4.78, 5) is 0. The molecular weight excluding hydrogens is 596 g/mol. The van der Waals surface area contributed by atoms with E-state index >= 15 is 0 Å². The van der Waals surface area contributed by atoms with Crippen molar-refractivity contribution >= 4 is 15.6 Å². The quantitative estimate of drug-likeness (QED) is 0.381. The van der Waals surface area contributed by atoms with Crippen LogP contribution in [0.2, 0.25) is 0 Å². The van der Waals surface area contributed by atoms with Crippen LogP contribution in [-0.4, -0.2) is 11.2 Å². The summed E-state index contributed by atoms with van der Waals surface area (Å²) in [5, 5.41) is 0. The molecule has 0 radical (unpaired) electrons. The topological polar surface area (TPSA) is 118 Å². The van der Waals surface area contributed by atoms with Crippen molar-refractivity contribution in [1.82, 2.24) is 0 Å². The summed E-state index contributed by atoms with van der Waals surface area (Å²) in [5.74, 6) is 1.69. The molecule has 3 rings (SSSR count). The molecule has 0 unspecified atom stereocenters. The molecule has 0 atom stereocenters. The van der Waals surface area contributed by atoms with Gasteiger partial charge in [0.2, 0.25) is 0 Å². The maximum absolute atomic E-state index is 7.50. The Balaban J connectivity index is -0.000000798. The van der Waals surface area contributed by atoms with E-state index in [0.29, 0.717) is 0 Å². The van der Waals surface area contributed by atoms with Gasteiger partial charge in [0.05, 0.1) is 0 Å². The number of benzene rings is 2. The summed E-state index contributed by atoms with van der Waals surface area (Å²) in [7, 11) is 1.70. The maximum atomic E-state index is 7.50. The van der Waals surface area contributed by atoms with Gasteiger partial charge in [-0.15, -0.1) is 0 Å². The first-order valence-corrected chi connectivity index (χ1v) is 9.77. The van der Waals surface area contributed by atoms with Crippen LogP contribution < -0.4 is 0 Å². The number of hydrogen-bond donors (Lipinski definition) is 0. The van der Waals surface area contributed by atoms with E-state index in [4.69, 9.17) is 32.7 Å². The van der Waals surface area contributed by atoms with E-state index in [2.05, 4.69) is 57.5 Å². The molecule has 2 aromatic carbocycles. The molecule has 0 saturated carbocycles. The first kappa shape index (κ1) is 34.3. The number of ether oxygens (including phenoxy) is 2. The molecule has 2 aromatic rings. The van der Waals surface area contributed by atoms with Crippen LogP contribution in [-0.2, 0) is 52.1 Å². The second kappa shape index (κ2) is 24.9. The van der Waals surface area contributed by atoms with Crippen LogP contribution in [0.5, 0.6) is 0 Å². The van der Waals surface area contributed by atoms with E-state index in [1.54, 1.807) is 7.11 Å². The molecular formula is C25H16O7W. The van der Waals surface area contributed by atoms with Crippen molar-refractivity contribution in [1.29, 1.82) is 0 Å². The average molecular weight is 612 g/mol. The second-order valence-corrected chi connectivity index (χ2v) is 6.46. The van der Waals surface area contributed by atoms with E-state index in [-0.39, 0.29) is 0 Å². The van der Waals surface area contributed by atoms with E-state index in [1.807, 2.05) is 54.6 Å². The molecule has 0 N–H and O–H groups in total. The van der Waals surface area contributed by atoms with Gasteiger partial charge < -0.3 is 0 Å². The van der Waals surface area contributed by atoms with E-state index in [9.17, 15) is 0 Å². The summed E-state index contributed by atoms with van der Waals surface area (Å²) in [6.07, 6.45) is 6.14. The molecule has 0 amide bonds. The van der Waals surface area contributed by atoms with Gasteiger partial charge in [0.15, 0.2) is 0 Å². The zero-order valence-corrected chi connectivity index (χ0v) is 20.2. The fourth-order valence-corrected chi connectivity index (χ4v) is 2.78. The Morgan fingerprint density at radius 1 is 0.697 bits per heavy atom. The van der Waals surface area contributed by atoms with Gasteiger partial charge in [-0.3, -0.25) is 0 Å². The van der Waals surface area contributed by atoms with Crippen molar-refractivity contribution in [3.05, 3.63) is 129 Å². The van der Waals surface area contributed by atoms with Gasteiger partial charge in [-0.05, 0) is 0 Å². The summed E-state index contributed by atoms with van der Waals surface area (Å²) in [6.45, 7) is 22.5. The van der Waals surface area contributed by atoms with Gasteiger partial charge in [0.25, 0.3) is 0 Å². The third-order valence-corrected chi connectivity index (χ3v) is 4.44. The molecule has 7 nitrogen and oxygen atoms in total. The number of rotatable bonds is 4. The first-order chi connectivity index (χ1) is 16.3. The molecule has 0 fully saturated rings. The molecule has 1 heterocycles. The molecule has 1 aliphatic heterocycles. The molecule has 0 aliphatic carbocycles. The van der Waals surface area contributed by atoms with E-state index in [0.717, 1.165) is 32.3 Å². The van der Waals surface area contributed by atoms with Crippen molar-refractivity contribution < 1.29 is 52.1 Å². The van der Waals surface area contributed by atoms with E-state index in [1.165, 1.54) is 19.4 Å². The van der Waals surface area contributed by atoms with Crippen LogP contribution in [0.3, 0.4) is 0 Å². The number of hydrogen-bond acceptors (Lipinski definition) is 2. The molecule has 33 heavy (non-hydrogen) atoms. The minimum absolute atomic E-state index is 0.845. The molecule has 0 aromatic heterocycles. The molecule has 0 spiro atoms. The average Bonchev–Trinajstić information content (AvgIpc) is 2.95.